The summed E-state index contributed by atoms with van der Waals surface area (Å²) >= 11 is 3.29. The summed E-state index contributed by atoms with van der Waals surface area (Å²) in [5.41, 5.74) is 0. The number of aryl methyl sites for hydroxylation is 1. The van der Waals surface area contributed by atoms with E-state index in [1.165, 1.54) is 6.33 Å². The van der Waals surface area contributed by atoms with Crippen molar-refractivity contribution in [2.75, 3.05) is 11.9 Å². The van der Waals surface area contributed by atoms with Gasteiger partial charge in [0.2, 0.25) is 0 Å². The largest absolute Gasteiger partial charge is 0.369 e. The highest BCUT2D eigenvalue weighted by Crippen LogP contribution is 2.09. The third kappa shape index (κ3) is 2.75. The first-order chi connectivity index (χ1) is 7.75. The molecule has 0 atom stereocenters. The van der Waals surface area contributed by atoms with Crippen LogP contribution in [0.25, 0.3) is 0 Å². The molecule has 0 spiro atoms. The van der Waals surface area contributed by atoms with Crippen LogP contribution in [-0.4, -0.2) is 31.3 Å². The van der Waals surface area contributed by atoms with Crippen LogP contribution < -0.4 is 5.32 Å². The molecular weight excluding hydrogens is 272 g/mol. The third-order valence-electron chi connectivity index (χ3n) is 2.09. The molecule has 0 aliphatic heterocycles. The second-order valence-electron chi connectivity index (χ2n) is 3.26. The first-order valence-corrected chi connectivity index (χ1v) is 5.59. The number of nitrogens with zero attached hydrogens (tertiary/aromatic N) is 5. The fraction of sp³-hybridized carbons (Fsp3) is 0.333. The molecule has 0 aromatic carbocycles. The third-order valence-corrected chi connectivity index (χ3v) is 2.53. The zero-order chi connectivity index (χ0) is 11.4. The van der Waals surface area contributed by atoms with Crippen molar-refractivity contribution in [1.29, 1.82) is 0 Å². The van der Waals surface area contributed by atoms with E-state index in [9.17, 15) is 0 Å². The Hall–Kier alpha value is -1.50. The van der Waals surface area contributed by atoms with E-state index in [2.05, 4.69) is 41.4 Å². The first kappa shape index (κ1) is 11.0. The summed E-state index contributed by atoms with van der Waals surface area (Å²) in [6.45, 7) is 0.760. The zero-order valence-corrected chi connectivity index (χ0v) is 10.3. The molecule has 16 heavy (non-hydrogen) atoms. The molecule has 0 amide bonds. The summed E-state index contributed by atoms with van der Waals surface area (Å²) in [7, 11) is 1.93. The van der Waals surface area contributed by atoms with Crippen LogP contribution >= 0.6 is 15.9 Å². The quantitative estimate of drug-likeness (QED) is 0.848. The van der Waals surface area contributed by atoms with Gasteiger partial charge in [0, 0.05) is 26.1 Å². The molecule has 0 unspecified atom stereocenters. The monoisotopic (exact) mass is 282 g/mol. The van der Waals surface area contributed by atoms with E-state index in [0.717, 1.165) is 29.2 Å². The molecule has 0 radical (unpaired) electrons. The van der Waals surface area contributed by atoms with E-state index in [-0.39, 0.29) is 0 Å². The SMILES string of the molecule is Cn1cnnc1CCNc1cc(Br)ncn1. The number of anilines is 1. The van der Waals surface area contributed by atoms with Crippen LogP contribution in [0.1, 0.15) is 5.82 Å². The summed E-state index contributed by atoms with van der Waals surface area (Å²) in [5.74, 6) is 1.74. The molecule has 0 bridgehead atoms. The van der Waals surface area contributed by atoms with Crippen molar-refractivity contribution < 1.29 is 0 Å². The lowest BCUT2D eigenvalue weighted by atomic mass is 10.4. The first-order valence-electron chi connectivity index (χ1n) is 4.80. The molecular formula is C9H11BrN6. The van der Waals surface area contributed by atoms with Crippen LogP contribution in [0.5, 0.6) is 0 Å². The maximum absolute atomic E-state index is 4.09. The zero-order valence-electron chi connectivity index (χ0n) is 8.76. The van der Waals surface area contributed by atoms with Gasteiger partial charge >= 0.3 is 0 Å². The number of nitrogens with one attached hydrogen (secondary N) is 1. The number of rotatable bonds is 4. The molecule has 0 saturated carbocycles. The lowest BCUT2D eigenvalue weighted by molar-refractivity contribution is 0.787. The Morgan fingerprint density at radius 1 is 1.44 bits per heavy atom. The molecule has 84 valence electrons. The average Bonchev–Trinajstić information content (AvgIpc) is 2.65. The molecule has 2 heterocycles. The van der Waals surface area contributed by atoms with E-state index < -0.39 is 0 Å². The van der Waals surface area contributed by atoms with Crippen molar-refractivity contribution in [1.82, 2.24) is 24.7 Å². The predicted molar refractivity (Wildman–Crippen MR) is 62.9 cm³/mol. The van der Waals surface area contributed by atoms with E-state index in [0.29, 0.717) is 0 Å². The Morgan fingerprint density at radius 2 is 2.31 bits per heavy atom. The van der Waals surface area contributed by atoms with Gasteiger partial charge in [0.1, 0.15) is 28.9 Å². The minimum Gasteiger partial charge on any atom is -0.369 e. The van der Waals surface area contributed by atoms with Crippen LogP contribution in [0.2, 0.25) is 0 Å². The van der Waals surface area contributed by atoms with Gasteiger partial charge in [0.05, 0.1) is 0 Å². The van der Waals surface area contributed by atoms with Gasteiger partial charge in [-0.05, 0) is 15.9 Å². The second kappa shape index (κ2) is 5.02. The lowest BCUT2D eigenvalue weighted by Crippen LogP contribution is -2.09. The fourth-order valence-corrected chi connectivity index (χ4v) is 1.57. The van der Waals surface area contributed by atoms with Crippen molar-refractivity contribution >= 4 is 21.7 Å². The van der Waals surface area contributed by atoms with Gasteiger partial charge in [-0.25, -0.2) is 9.97 Å². The summed E-state index contributed by atoms with van der Waals surface area (Å²) in [6, 6.07) is 1.83. The maximum Gasteiger partial charge on any atom is 0.134 e. The van der Waals surface area contributed by atoms with Crippen LogP contribution in [0.15, 0.2) is 23.3 Å². The molecule has 7 heteroatoms. The van der Waals surface area contributed by atoms with Crippen molar-refractivity contribution in [2.24, 2.45) is 7.05 Å². The van der Waals surface area contributed by atoms with Crippen LogP contribution in [-0.2, 0) is 13.5 Å². The van der Waals surface area contributed by atoms with Crippen molar-refractivity contribution in [2.45, 2.75) is 6.42 Å². The van der Waals surface area contributed by atoms with Gasteiger partial charge in [-0.2, -0.15) is 0 Å². The van der Waals surface area contributed by atoms with Crippen molar-refractivity contribution in [3.05, 3.63) is 29.1 Å². The Morgan fingerprint density at radius 3 is 3.00 bits per heavy atom. The Bertz CT molecular complexity index is 469. The molecule has 0 aliphatic carbocycles. The number of halogens is 1. The van der Waals surface area contributed by atoms with Gasteiger partial charge in [-0.15, -0.1) is 10.2 Å². The molecule has 2 aromatic rings. The number of hydrogen-bond acceptors (Lipinski definition) is 5. The van der Waals surface area contributed by atoms with Gasteiger partial charge in [-0.1, -0.05) is 0 Å². The number of aromatic nitrogens is 5. The van der Waals surface area contributed by atoms with Crippen molar-refractivity contribution in [3.63, 3.8) is 0 Å². The van der Waals surface area contributed by atoms with Crippen LogP contribution in [0.3, 0.4) is 0 Å². The van der Waals surface area contributed by atoms with E-state index >= 15 is 0 Å². The van der Waals surface area contributed by atoms with E-state index in [4.69, 9.17) is 0 Å². The average molecular weight is 283 g/mol. The normalized spacial score (nSPS) is 10.4. The van der Waals surface area contributed by atoms with E-state index in [1.807, 2.05) is 17.7 Å². The molecule has 0 saturated heterocycles. The number of hydrogen-bond donors (Lipinski definition) is 1. The highest BCUT2D eigenvalue weighted by molar-refractivity contribution is 9.10. The minimum atomic E-state index is 0.760. The molecule has 1 N–H and O–H groups in total. The molecule has 2 rings (SSSR count). The standard InChI is InChI=1S/C9H11BrN6/c1-16-6-14-15-9(16)2-3-11-8-4-7(10)12-5-13-8/h4-6H,2-3H2,1H3,(H,11,12,13). The van der Waals surface area contributed by atoms with Gasteiger partial charge in [0.25, 0.3) is 0 Å². The molecule has 6 nitrogen and oxygen atoms in total. The highest BCUT2D eigenvalue weighted by atomic mass is 79.9. The smallest absolute Gasteiger partial charge is 0.134 e. The van der Waals surface area contributed by atoms with Crippen LogP contribution in [0, 0.1) is 0 Å². The Balaban J connectivity index is 1.87. The summed E-state index contributed by atoms with van der Waals surface area (Å²) in [5, 5.41) is 11.0. The predicted octanol–water partition coefficient (Wildman–Crippen LogP) is 1.02. The summed E-state index contributed by atoms with van der Waals surface area (Å²) < 4.78 is 2.67. The molecule has 2 aromatic heterocycles. The second-order valence-corrected chi connectivity index (χ2v) is 4.07. The van der Waals surface area contributed by atoms with Gasteiger partial charge in [-0.3, -0.25) is 0 Å². The minimum absolute atomic E-state index is 0.760. The molecule has 0 fully saturated rings. The topological polar surface area (TPSA) is 68.5 Å². The van der Waals surface area contributed by atoms with Crippen LogP contribution in [0.4, 0.5) is 5.82 Å². The van der Waals surface area contributed by atoms with E-state index in [1.54, 1.807) is 6.33 Å². The fourth-order valence-electron chi connectivity index (χ4n) is 1.27. The van der Waals surface area contributed by atoms with Gasteiger partial charge < -0.3 is 9.88 Å². The lowest BCUT2D eigenvalue weighted by Gasteiger charge is -2.04. The summed E-state index contributed by atoms with van der Waals surface area (Å²) in [4.78, 5) is 8.04. The Labute approximate surface area is 101 Å². The van der Waals surface area contributed by atoms with Gasteiger partial charge in [0.15, 0.2) is 0 Å². The summed E-state index contributed by atoms with van der Waals surface area (Å²) in [6.07, 6.45) is 4.00. The molecule has 0 aliphatic rings. The highest BCUT2D eigenvalue weighted by Gasteiger charge is 2.00. The van der Waals surface area contributed by atoms with Crippen molar-refractivity contribution in [3.8, 4) is 0 Å². The Kier molecular flexibility index (Phi) is 3.45. The maximum atomic E-state index is 4.09.